The molecule has 0 fully saturated rings. The molecule has 0 unspecified atom stereocenters. The van der Waals surface area contributed by atoms with Crippen LogP contribution in [0.25, 0.3) is 6.08 Å². The third-order valence-electron chi connectivity index (χ3n) is 4.35. The number of carbonyl (C=O) groups is 1. The smallest absolute Gasteiger partial charge is 0.266 e. The van der Waals surface area contributed by atoms with E-state index in [-0.39, 0.29) is 5.57 Å². The van der Waals surface area contributed by atoms with E-state index in [9.17, 15) is 10.1 Å². The van der Waals surface area contributed by atoms with Crippen molar-refractivity contribution in [3.63, 3.8) is 0 Å². The summed E-state index contributed by atoms with van der Waals surface area (Å²) in [7, 11) is 0. The second-order valence-corrected chi connectivity index (χ2v) is 8.04. The molecule has 0 spiro atoms. The molecule has 3 rings (SSSR count). The number of nitriles is 1. The quantitative estimate of drug-likeness (QED) is 0.272. The second kappa shape index (κ2) is 11.4. The van der Waals surface area contributed by atoms with Gasteiger partial charge in [0.05, 0.1) is 6.61 Å². The Morgan fingerprint density at radius 3 is 2.44 bits per heavy atom. The molecule has 0 aliphatic rings. The van der Waals surface area contributed by atoms with Crippen molar-refractivity contribution in [2.45, 2.75) is 13.5 Å². The van der Waals surface area contributed by atoms with Crippen LogP contribution in [0.2, 0.25) is 5.02 Å². The summed E-state index contributed by atoms with van der Waals surface area (Å²) in [5.41, 5.74) is 2.19. The highest BCUT2D eigenvalue weighted by Gasteiger charge is 2.12. The van der Waals surface area contributed by atoms with Crippen molar-refractivity contribution in [3.05, 3.63) is 92.9 Å². The van der Waals surface area contributed by atoms with Crippen molar-refractivity contribution in [3.8, 4) is 17.6 Å². The van der Waals surface area contributed by atoms with Gasteiger partial charge in [-0.05, 0) is 72.7 Å². The number of carbonyl (C=O) groups excluding carboxylic acids is 1. The van der Waals surface area contributed by atoms with Crippen LogP contribution >= 0.6 is 27.5 Å². The number of nitrogens with zero attached hydrogens (tertiary/aromatic N) is 1. The van der Waals surface area contributed by atoms with Crippen LogP contribution in [0.1, 0.15) is 18.1 Å². The zero-order chi connectivity index (χ0) is 22.9. The van der Waals surface area contributed by atoms with E-state index in [1.807, 2.05) is 37.3 Å². The number of hydrogen-bond acceptors (Lipinski definition) is 4. The zero-order valence-corrected chi connectivity index (χ0v) is 19.6. The van der Waals surface area contributed by atoms with Crippen LogP contribution in [0.3, 0.4) is 0 Å². The molecule has 0 atom stereocenters. The van der Waals surface area contributed by atoms with Crippen molar-refractivity contribution >= 4 is 45.2 Å². The molecule has 0 aliphatic heterocycles. The first-order valence-electron chi connectivity index (χ1n) is 9.81. The standard InChI is InChI=1S/C25H20BrClN2O3/c1-2-31-24-14-18(5-12-23(24)32-16-17-3-8-21(27)9-4-17)13-19(15-28)25(30)29-22-10-6-20(26)7-11-22/h3-14H,2,16H2,1H3,(H,29,30)/b19-13-. The van der Waals surface area contributed by atoms with Crippen molar-refractivity contribution in [2.24, 2.45) is 0 Å². The molecule has 0 heterocycles. The molecule has 3 aromatic carbocycles. The normalized spacial score (nSPS) is 10.9. The number of ether oxygens (including phenoxy) is 2. The Balaban J connectivity index is 1.76. The lowest BCUT2D eigenvalue weighted by Gasteiger charge is -2.13. The Morgan fingerprint density at radius 1 is 1.06 bits per heavy atom. The maximum atomic E-state index is 12.5. The predicted octanol–water partition coefficient (Wildman–Crippen LogP) is 6.63. The fourth-order valence-electron chi connectivity index (χ4n) is 2.79. The Bertz CT molecular complexity index is 1150. The van der Waals surface area contributed by atoms with Crippen LogP contribution in [0.5, 0.6) is 11.5 Å². The summed E-state index contributed by atoms with van der Waals surface area (Å²) in [6.07, 6.45) is 1.51. The first-order valence-corrected chi connectivity index (χ1v) is 11.0. The van der Waals surface area contributed by atoms with E-state index in [1.165, 1.54) is 6.08 Å². The number of rotatable bonds is 8. The fourth-order valence-corrected chi connectivity index (χ4v) is 3.18. The summed E-state index contributed by atoms with van der Waals surface area (Å²) in [5, 5.41) is 12.9. The van der Waals surface area contributed by atoms with Gasteiger partial charge in [-0.3, -0.25) is 4.79 Å². The first kappa shape index (κ1) is 23.4. The number of benzene rings is 3. The van der Waals surface area contributed by atoms with Gasteiger partial charge in [-0.15, -0.1) is 0 Å². The highest BCUT2D eigenvalue weighted by atomic mass is 79.9. The Labute approximate surface area is 200 Å². The average molecular weight is 512 g/mol. The highest BCUT2D eigenvalue weighted by molar-refractivity contribution is 9.10. The lowest BCUT2D eigenvalue weighted by Crippen LogP contribution is -2.13. The lowest BCUT2D eigenvalue weighted by molar-refractivity contribution is -0.112. The van der Waals surface area contributed by atoms with Gasteiger partial charge in [0, 0.05) is 15.2 Å². The minimum Gasteiger partial charge on any atom is -0.490 e. The minimum atomic E-state index is -0.490. The predicted molar refractivity (Wildman–Crippen MR) is 130 cm³/mol. The van der Waals surface area contributed by atoms with Crippen LogP contribution in [0, 0.1) is 11.3 Å². The van der Waals surface area contributed by atoms with Gasteiger partial charge in [0.2, 0.25) is 0 Å². The topological polar surface area (TPSA) is 71.3 Å². The molecular formula is C25H20BrClN2O3. The van der Waals surface area contributed by atoms with Crippen molar-refractivity contribution in [1.82, 2.24) is 0 Å². The summed E-state index contributed by atoms with van der Waals surface area (Å²) >= 11 is 9.27. The van der Waals surface area contributed by atoms with Gasteiger partial charge in [0.15, 0.2) is 11.5 Å². The summed E-state index contributed by atoms with van der Waals surface area (Å²) < 4.78 is 12.5. The second-order valence-electron chi connectivity index (χ2n) is 6.69. The molecule has 0 aliphatic carbocycles. The summed E-state index contributed by atoms with van der Waals surface area (Å²) in [4.78, 5) is 12.5. The average Bonchev–Trinajstić information content (AvgIpc) is 2.79. The van der Waals surface area contributed by atoms with Crippen LogP contribution in [-0.4, -0.2) is 12.5 Å². The van der Waals surface area contributed by atoms with Gasteiger partial charge in [0.25, 0.3) is 5.91 Å². The van der Waals surface area contributed by atoms with Gasteiger partial charge in [-0.25, -0.2) is 0 Å². The minimum absolute atomic E-state index is 0.0230. The molecule has 1 amide bonds. The fraction of sp³-hybridized carbons (Fsp3) is 0.120. The molecule has 1 N–H and O–H groups in total. The third-order valence-corrected chi connectivity index (χ3v) is 5.13. The molecule has 5 nitrogen and oxygen atoms in total. The molecule has 0 aromatic heterocycles. The molecule has 32 heavy (non-hydrogen) atoms. The summed E-state index contributed by atoms with van der Waals surface area (Å²) in [6.45, 7) is 2.67. The summed E-state index contributed by atoms with van der Waals surface area (Å²) in [6, 6.07) is 21.7. The number of hydrogen-bond donors (Lipinski definition) is 1. The monoisotopic (exact) mass is 510 g/mol. The largest absolute Gasteiger partial charge is 0.490 e. The van der Waals surface area contributed by atoms with Gasteiger partial charge in [-0.1, -0.05) is 45.7 Å². The Morgan fingerprint density at radius 2 is 1.78 bits per heavy atom. The van der Waals surface area contributed by atoms with E-state index in [4.69, 9.17) is 21.1 Å². The lowest BCUT2D eigenvalue weighted by atomic mass is 10.1. The third kappa shape index (κ3) is 6.61. The van der Waals surface area contributed by atoms with E-state index in [0.717, 1.165) is 10.0 Å². The van der Waals surface area contributed by atoms with Crippen molar-refractivity contribution < 1.29 is 14.3 Å². The first-order chi connectivity index (χ1) is 15.5. The molecule has 0 radical (unpaired) electrons. The number of anilines is 1. The molecule has 0 saturated heterocycles. The molecular weight excluding hydrogens is 492 g/mol. The van der Waals surface area contributed by atoms with Gasteiger partial charge < -0.3 is 14.8 Å². The van der Waals surface area contributed by atoms with Crippen molar-refractivity contribution in [1.29, 1.82) is 5.26 Å². The van der Waals surface area contributed by atoms with E-state index in [2.05, 4.69) is 21.2 Å². The Hall–Kier alpha value is -3.27. The van der Waals surface area contributed by atoms with E-state index < -0.39 is 5.91 Å². The van der Waals surface area contributed by atoms with Crippen LogP contribution < -0.4 is 14.8 Å². The van der Waals surface area contributed by atoms with Gasteiger partial charge >= 0.3 is 0 Å². The van der Waals surface area contributed by atoms with E-state index in [0.29, 0.717) is 41.0 Å². The van der Waals surface area contributed by atoms with E-state index in [1.54, 1.807) is 42.5 Å². The van der Waals surface area contributed by atoms with Crippen LogP contribution in [0.4, 0.5) is 5.69 Å². The molecule has 7 heteroatoms. The molecule has 0 bridgehead atoms. The maximum absolute atomic E-state index is 12.5. The Kier molecular flexibility index (Phi) is 8.32. The maximum Gasteiger partial charge on any atom is 0.266 e. The SMILES string of the molecule is CCOc1cc(/C=C(/C#N)C(=O)Nc2ccc(Br)cc2)ccc1OCc1ccc(Cl)cc1. The number of amides is 1. The molecule has 0 saturated carbocycles. The summed E-state index contributed by atoms with van der Waals surface area (Å²) in [5.74, 6) is 0.605. The number of nitrogens with one attached hydrogen (secondary N) is 1. The highest BCUT2D eigenvalue weighted by Crippen LogP contribution is 2.30. The molecule has 162 valence electrons. The van der Waals surface area contributed by atoms with Crippen LogP contribution in [0.15, 0.2) is 76.8 Å². The van der Waals surface area contributed by atoms with Crippen LogP contribution in [-0.2, 0) is 11.4 Å². The van der Waals surface area contributed by atoms with E-state index >= 15 is 0 Å². The van der Waals surface area contributed by atoms with Gasteiger partial charge in [0.1, 0.15) is 18.2 Å². The number of halogens is 2. The van der Waals surface area contributed by atoms with Gasteiger partial charge in [-0.2, -0.15) is 5.26 Å². The zero-order valence-electron chi connectivity index (χ0n) is 17.3. The molecule has 3 aromatic rings. The van der Waals surface area contributed by atoms with Crippen molar-refractivity contribution in [2.75, 3.05) is 11.9 Å².